The highest BCUT2D eigenvalue weighted by Gasteiger charge is 2.26. The molecule has 0 saturated carbocycles. The van der Waals surface area contributed by atoms with Crippen LogP contribution in [-0.4, -0.2) is 65.1 Å². The van der Waals surface area contributed by atoms with E-state index in [1.165, 1.54) is 6.07 Å². The summed E-state index contributed by atoms with van der Waals surface area (Å²) in [4.78, 5) is 21.8. The van der Waals surface area contributed by atoms with E-state index in [4.69, 9.17) is 9.72 Å². The molecule has 1 atom stereocenters. The molecule has 190 valence electrons. The third-order valence-electron chi connectivity index (χ3n) is 7.16. The average Bonchev–Trinajstić information content (AvgIpc) is 3.55. The normalized spacial score (nSPS) is 18.1. The van der Waals surface area contributed by atoms with Gasteiger partial charge in [-0.3, -0.25) is 4.68 Å². The summed E-state index contributed by atoms with van der Waals surface area (Å²) in [6, 6.07) is 7.01. The zero-order chi connectivity index (χ0) is 25.2. The molecule has 9 heteroatoms. The Morgan fingerprint density at radius 3 is 2.67 bits per heavy atom. The van der Waals surface area contributed by atoms with Crippen LogP contribution >= 0.6 is 0 Å². The highest BCUT2D eigenvalue weighted by atomic mass is 19.1. The number of benzene rings is 1. The fourth-order valence-electron chi connectivity index (χ4n) is 4.95. The van der Waals surface area contributed by atoms with Crippen LogP contribution < -0.4 is 10.2 Å². The fourth-order valence-corrected chi connectivity index (χ4v) is 4.95. The number of pyridine rings is 1. The third kappa shape index (κ3) is 5.06. The Kier molecular flexibility index (Phi) is 6.91. The van der Waals surface area contributed by atoms with Gasteiger partial charge in [0.25, 0.3) is 0 Å². The first-order valence-electron chi connectivity index (χ1n) is 12.6. The predicted molar refractivity (Wildman–Crippen MR) is 139 cm³/mol. The molecular weight excluding hydrogens is 459 g/mol. The van der Waals surface area contributed by atoms with Crippen LogP contribution in [0, 0.1) is 18.7 Å². The number of hydrogen-bond acceptors (Lipinski definition) is 5. The van der Waals surface area contributed by atoms with E-state index in [-0.39, 0.29) is 11.7 Å². The molecule has 8 nitrogen and oxygen atoms in total. The van der Waals surface area contributed by atoms with E-state index in [1.807, 2.05) is 32.3 Å². The van der Waals surface area contributed by atoms with E-state index in [0.29, 0.717) is 32.2 Å². The number of hydrogen-bond donors (Lipinski definition) is 1. The van der Waals surface area contributed by atoms with Crippen molar-refractivity contribution in [1.82, 2.24) is 19.7 Å². The third-order valence-corrected chi connectivity index (χ3v) is 7.16. The van der Waals surface area contributed by atoms with Gasteiger partial charge in [-0.15, -0.1) is 0 Å². The summed E-state index contributed by atoms with van der Waals surface area (Å²) in [6.07, 6.45) is 5.75. The van der Waals surface area contributed by atoms with Gasteiger partial charge in [-0.2, -0.15) is 5.10 Å². The largest absolute Gasteiger partial charge is 0.378 e. The van der Waals surface area contributed by atoms with Gasteiger partial charge in [-0.25, -0.2) is 14.2 Å². The molecule has 5 rings (SSSR count). The minimum absolute atomic E-state index is 0.188. The Hall–Kier alpha value is -3.46. The Morgan fingerprint density at radius 2 is 1.97 bits per heavy atom. The van der Waals surface area contributed by atoms with Crippen LogP contribution in [0.5, 0.6) is 0 Å². The number of ether oxygens (including phenoxy) is 1. The first-order valence-corrected chi connectivity index (χ1v) is 12.6. The Morgan fingerprint density at radius 1 is 1.17 bits per heavy atom. The van der Waals surface area contributed by atoms with Gasteiger partial charge in [0.05, 0.1) is 30.8 Å². The first-order chi connectivity index (χ1) is 17.4. The van der Waals surface area contributed by atoms with Crippen LogP contribution in [0.15, 0.2) is 36.7 Å². The smallest absolute Gasteiger partial charge is 0.321 e. The molecule has 0 radical (unpaired) electrons. The maximum atomic E-state index is 15.0. The number of halogens is 1. The number of rotatable bonds is 5. The molecule has 0 unspecified atom stereocenters. The number of likely N-dealkylation sites (tertiary alicyclic amines) is 1. The van der Waals surface area contributed by atoms with E-state index in [9.17, 15) is 9.18 Å². The molecular formula is C27H33FN6O2. The molecule has 1 aromatic carbocycles. The number of nitrogens with zero attached hydrogens (tertiary/aromatic N) is 5. The minimum atomic E-state index is -0.439. The lowest BCUT2D eigenvalue weighted by molar-refractivity contribution is 0.122. The number of nitrogens with one attached hydrogen (secondary N) is 1. The van der Waals surface area contributed by atoms with Crippen molar-refractivity contribution in [3.05, 3.63) is 48.0 Å². The topological polar surface area (TPSA) is 75.5 Å². The maximum absolute atomic E-state index is 15.0. The lowest BCUT2D eigenvalue weighted by Crippen LogP contribution is -2.36. The lowest BCUT2D eigenvalue weighted by Gasteiger charge is -2.28. The fraction of sp³-hybridized carbons (Fsp3) is 0.444. The molecule has 2 aliphatic rings. The summed E-state index contributed by atoms with van der Waals surface area (Å²) < 4.78 is 22.2. The number of morpholine rings is 1. The van der Waals surface area contributed by atoms with Crippen molar-refractivity contribution in [2.75, 3.05) is 49.6 Å². The molecule has 36 heavy (non-hydrogen) atoms. The second-order valence-electron chi connectivity index (χ2n) is 9.69. The average molecular weight is 493 g/mol. The van der Waals surface area contributed by atoms with Crippen molar-refractivity contribution in [1.29, 1.82) is 0 Å². The number of aromatic nitrogens is 3. The minimum Gasteiger partial charge on any atom is -0.378 e. The molecule has 4 heterocycles. The zero-order valence-electron chi connectivity index (χ0n) is 21.1. The van der Waals surface area contributed by atoms with E-state index >= 15 is 0 Å². The summed E-state index contributed by atoms with van der Waals surface area (Å²) in [5.41, 5.74) is 4.43. The summed E-state index contributed by atoms with van der Waals surface area (Å²) in [6.45, 7) is 8.23. The van der Waals surface area contributed by atoms with E-state index < -0.39 is 5.82 Å². The van der Waals surface area contributed by atoms with Gasteiger partial charge in [0.1, 0.15) is 11.6 Å². The van der Waals surface area contributed by atoms with E-state index in [2.05, 4.69) is 22.2 Å². The summed E-state index contributed by atoms with van der Waals surface area (Å²) >= 11 is 0. The summed E-state index contributed by atoms with van der Waals surface area (Å²) in [7, 11) is 1.87. The molecule has 2 aliphatic heterocycles. The standard InChI is InChI=1S/C27H33FN6O2/c1-4-19-5-6-34(16-19)27(35)31-25-14-22(18(2)11-23(25)28)20-12-24(21-15-29-32(3)17-21)30-26(13-20)33-7-9-36-10-8-33/h11-15,17,19H,4-10,16H2,1-3H3,(H,31,35)/t19-/m1/s1. The Labute approximate surface area is 211 Å². The second-order valence-corrected chi connectivity index (χ2v) is 9.69. The molecule has 0 aliphatic carbocycles. The molecule has 2 aromatic heterocycles. The molecule has 3 aromatic rings. The Bertz CT molecular complexity index is 1250. The zero-order valence-corrected chi connectivity index (χ0v) is 21.1. The highest BCUT2D eigenvalue weighted by molar-refractivity contribution is 5.91. The van der Waals surface area contributed by atoms with Crippen LogP contribution in [0.25, 0.3) is 22.4 Å². The maximum Gasteiger partial charge on any atom is 0.321 e. The molecule has 1 N–H and O–H groups in total. The number of anilines is 2. The van der Waals surface area contributed by atoms with Crippen LogP contribution in [-0.2, 0) is 11.8 Å². The SMILES string of the molecule is CC[C@@H]1CCN(C(=O)Nc2cc(-c3cc(-c4cnn(C)c4)nc(N4CCOCC4)c3)c(C)cc2F)C1. The van der Waals surface area contributed by atoms with Crippen molar-refractivity contribution in [2.45, 2.75) is 26.7 Å². The quantitative estimate of drug-likeness (QED) is 0.559. The van der Waals surface area contributed by atoms with Crippen LogP contribution in [0.1, 0.15) is 25.3 Å². The van der Waals surface area contributed by atoms with Gasteiger partial charge in [0.15, 0.2) is 0 Å². The molecule has 2 amide bonds. The molecule has 0 bridgehead atoms. The number of aryl methyl sites for hydroxylation is 2. The van der Waals surface area contributed by atoms with Gasteiger partial charge >= 0.3 is 6.03 Å². The molecule has 2 fully saturated rings. The van der Waals surface area contributed by atoms with Crippen molar-refractivity contribution >= 4 is 17.5 Å². The van der Waals surface area contributed by atoms with Crippen molar-refractivity contribution in [3.8, 4) is 22.4 Å². The first kappa shape index (κ1) is 24.2. The summed E-state index contributed by atoms with van der Waals surface area (Å²) in [5.74, 6) is 0.910. The van der Waals surface area contributed by atoms with E-state index in [1.54, 1.807) is 21.8 Å². The van der Waals surface area contributed by atoms with Crippen LogP contribution in [0.3, 0.4) is 0 Å². The predicted octanol–water partition coefficient (Wildman–Crippen LogP) is 4.70. The number of amides is 2. The van der Waals surface area contributed by atoms with Crippen molar-refractivity contribution < 1.29 is 13.9 Å². The van der Waals surface area contributed by atoms with Crippen LogP contribution in [0.2, 0.25) is 0 Å². The number of carbonyl (C=O) groups excluding carboxylic acids is 1. The van der Waals surface area contributed by atoms with Crippen molar-refractivity contribution in [3.63, 3.8) is 0 Å². The van der Waals surface area contributed by atoms with Gasteiger partial charge in [0, 0.05) is 45.0 Å². The molecule has 0 spiro atoms. The van der Waals surface area contributed by atoms with Gasteiger partial charge < -0.3 is 19.9 Å². The number of urea groups is 1. The van der Waals surface area contributed by atoms with Crippen LogP contribution in [0.4, 0.5) is 20.7 Å². The van der Waals surface area contributed by atoms with Gasteiger partial charge in [0.2, 0.25) is 0 Å². The Balaban J connectivity index is 1.51. The van der Waals surface area contributed by atoms with Gasteiger partial charge in [-0.1, -0.05) is 13.3 Å². The monoisotopic (exact) mass is 492 g/mol. The molecule has 2 saturated heterocycles. The lowest BCUT2D eigenvalue weighted by atomic mass is 9.98. The van der Waals surface area contributed by atoms with Gasteiger partial charge in [-0.05, 0) is 60.2 Å². The summed E-state index contributed by atoms with van der Waals surface area (Å²) in [5, 5.41) is 7.12. The van der Waals surface area contributed by atoms with E-state index in [0.717, 1.165) is 59.7 Å². The van der Waals surface area contributed by atoms with Crippen molar-refractivity contribution in [2.24, 2.45) is 13.0 Å². The number of carbonyl (C=O) groups is 1. The highest BCUT2D eigenvalue weighted by Crippen LogP contribution is 2.34. The second kappa shape index (κ2) is 10.3.